The minimum Gasteiger partial charge on any atom is -0.462 e. The van der Waals surface area contributed by atoms with E-state index in [0.29, 0.717) is 0 Å². The third-order valence-electron chi connectivity index (χ3n) is 16.6. The Morgan fingerprint density at radius 1 is 0.651 bits per heavy atom. The summed E-state index contributed by atoms with van der Waals surface area (Å²) in [6.07, 6.45) is 8.78. The van der Waals surface area contributed by atoms with Crippen LogP contribution in [0.4, 0.5) is 9.59 Å². The predicted molar refractivity (Wildman–Crippen MR) is 309 cm³/mol. The molecule has 6 unspecified atom stereocenters. The maximum absolute atomic E-state index is 13.7. The van der Waals surface area contributed by atoms with Gasteiger partial charge < -0.3 is 79.5 Å². The number of cyclic esters (lactones) is 1. The topological polar surface area (TPSA) is 281 Å². The Balaban J connectivity index is 1.08. The fourth-order valence-electron chi connectivity index (χ4n) is 11.5. The number of aliphatic hydroxyl groups is 7. The number of nitrogens with one attached hydrogen (secondary N) is 2. The molecular formula is C64H86N2O17. The molecule has 7 rings (SSSR count). The van der Waals surface area contributed by atoms with Gasteiger partial charge in [0.2, 0.25) is 0 Å². The highest BCUT2D eigenvalue weighted by Gasteiger charge is 2.54. The zero-order chi connectivity index (χ0) is 59.8. The van der Waals surface area contributed by atoms with Crippen molar-refractivity contribution < 1.29 is 83.3 Å². The smallest absolute Gasteiger partial charge is 0.407 e. The van der Waals surface area contributed by atoms with Gasteiger partial charge in [-0.05, 0) is 55.4 Å². The minimum atomic E-state index is -1.59. The fourth-order valence-corrected chi connectivity index (χ4v) is 11.5. The number of carbonyl (C=O) groups is 3. The van der Waals surface area contributed by atoms with Crippen LogP contribution in [0, 0.1) is 17.8 Å². The Morgan fingerprint density at radius 3 is 1.88 bits per heavy atom. The molecule has 0 radical (unpaired) electrons. The molecule has 19 heteroatoms. The number of ether oxygens (including phenoxy) is 7. The molecule has 454 valence electrons. The van der Waals surface area contributed by atoms with Gasteiger partial charge in [-0.3, -0.25) is 4.79 Å². The number of methoxy groups -OCH3 is 1. The van der Waals surface area contributed by atoms with E-state index < -0.39 is 128 Å². The molecule has 0 spiro atoms. The lowest BCUT2D eigenvalue weighted by molar-refractivity contribution is -0.305. The van der Waals surface area contributed by atoms with E-state index in [1.165, 1.54) is 7.11 Å². The molecule has 9 N–H and O–H groups in total. The summed E-state index contributed by atoms with van der Waals surface area (Å²) in [7, 11) is 1.38. The molecule has 2 aromatic carbocycles. The average molecular weight is 1160 g/mol. The first-order valence-corrected chi connectivity index (χ1v) is 29.0. The number of rotatable bonds is 6. The second kappa shape index (κ2) is 30.8. The zero-order valence-corrected chi connectivity index (χ0v) is 48.2. The second-order valence-electron chi connectivity index (χ2n) is 22.7. The van der Waals surface area contributed by atoms with Gasteiger partial charge in [0.05, 0.1) is 73.4 Å². The molecule has 1 aliphatic carbocycles. The van der Waals surface area contributed by atoms with Crippen LogP contribution in [-0.4, -0.2) is 165 Å². The van der Waals surface area contributed by atoms with Crippen LogP contribution in [0.25, 0.3) is 11.1 Å². The van der Waals surface area contributed by atoms with Gasteiger partial charge in [-0.1, -0.05) is 154 Å². The lowest BCUT2D eigenvalue weighted by Crippen LogP contribution is -2.61. The van der Waals surface area contributed by atoms with Crippen molar-refractivity contribution in [3.05, 3.63) is 145 Å². The van der Waals surface area contributed by atoms with Gasteiger partial charge in [0.15, 0.2) is 12.1 Å². The van der Waals surface area contributed by atoms with Crippen molar-refractivity contribution in [2.45, 2.75) is 189 Å². The maximum Gasteiger partial charge on any atom is 0.407 e. The van der Waals surface area contributed by atoms with Crippen molar-refractivity contribution in [1.82, 2.24) is 10.6 Å². The summed E-state index contributed by atoms with van der Waals surface area (Å²) in [5.41, 5.74) is 4.29. The highest BCUT2D eigenvalue weighted by molar-refractivity contribution is 5.79. The molecule has 4 aliphatic heterocycles. The number of allylic oxidation sites excluding steroid dienone is 12. The Morgan fingerprint density at radius 2 is 1.25 bits per heavy atom. The standard InChI is InChI=1S/C64H86N2O17/c1-38-23-17-15-13-11-9-7-8-10-12-14-16-18-24-46(81-61-60(74)57(39(2)41(4)80-61)65-62(75)78-37-51-49-27-21-19-25-47(49)48-26-20-22-28-50(48)51)34-54-58-55(82-63(76)66-58)36-64(77-6,83-54)35-45(69)32-53(71)52(70)30-29-43(67)31-44(68)33-56(72)79-42(5)40(3)59(38)73/h7-28,38-46,51-55,57-61,67-71,73-74H,29-37H2,1-6H3,(H,65,75)(H,66,76)/b8-7+,11-9+,12-10+,15-13+,16-14+,23-17+,24-18+/t38-,39?,40-,41?,42-,43+,44+,45-,46-,52+,53+,54-,55?,57?,58-,59+,60?,61?,64+/m0/s1. The Hall–Kier alpha value is -5.81. The fraction of sp³-hybridized carbons (Fsp3) is 0.547. The summed E-state index contributed by atoms with van der Waals surface area (Å²) in [4.78, 5) is 39.4. The number of carbonyl (C=O) groups excluding carboxylic acids is 3. The summed E-state index contributed by atoms with van der Waals surface area (Å²) >= 11 is 0. The minimum absolute atomic E-state index is 0.0158. The molecule has 19 nitrogen and oxygen atoms in total. The molecule has 0 saturated carbocycles. The molecule has 2 amide bonds. The molecule has 83 heavy (non-hydrogen) atoms. The van der Waals surface area contributed by atoms with E-state index in [2.05, 4.69) is 22.8 Å². The van der Waals surface area contributed by atoms with Crippen molar-refractivity contribution in [2.75, 3.05) is 13.7 Å². The van der Waals surface area contributed by atoms with Crippen molar-refractivity contribution in [1.29, 1.82) is 0 Å². The number of aliphatic hydroxyl groups excluding tert-OH is 7. The number of esters is 1. The van der Waals surface area contributed by atoms with Crippen molar-refractivity contribution in [3.8, 4) is 11.1 Å². The van der Waals surface area contributed by atoms with Crippen LogP contribution in [0.1, 0.15) is 103 Å². The molecule has 5 aliphatic rings. The van der Waals surface area contributed by atoms with Gasteiger partial charge in [-0.2, -0.15) is 0 Å². The summed E-state index contributed by atoms with van der Waals surface area (Å²) in [6.45, 7) is 9.03. The molecule has 0 aromatic heterocycles. The monoisotopic (exact) mass is 1150 g/mol. The Labute approximate surface area is 487 Å². The predicted octanol–water partition coefficient (Wildman–Crippen LogP) is 6.64. The van der Waals surface area contributed by atoms with Gasteiger partial charge in [-0.25, -0.2) is 9.59 Å². The van der Waals surface area contributed by atoms with E-state index in [1.807, 2.05) is 118 Å². The van der Waals surface area contributed by atoms with Gasteiger partial charge >= 0.3 is 18.2 Å². The number of alkyl carbamates (subject to hydrolysis) is 2. The Bertz CT molecular complexity index is 2610. The van der Waals surface area contributed by atoms with Crippen molar-refractivity contribution >= 4 is 18.2 Å². The SMILES string of the molecule is CO[C@]12CC3OC(=O)N[C@H]3[C@H](C[C@@H](OC3OC(C)C(C)C(NC(=O)OCC4c5ccccc5-c5ccccc54)C3O)/C=C/C=C/C=C/C=C/C=C/C=C/C=C/[C@H](C)[C@@H](O)[C@@H](C)[C@H](C)OC(=O)C[C@H](O)C[C@H](O)CC[C@@H](O)[C@H](O)C[C@H](O)C1)O2. The van der Waals surface area contributed by atoms with Gasteiger partial charge in [0, 0.05) is 56.5 Å². The normalized spacial score (nSPS) is 39.1. The third-order valence-corrected chi connectivity index (χ3v) is 16.6. The second-order valence-corrected chi connectivity index (χ2v) is 22.7. The number of amides is 2. The number of hydrogen-bond acceptors (Lipinski definition) is 17. The van der Waals surface area contributed by atoms with E-state index in [4.69, 9.17) is 33.2 Å². The molecule has 3 fully saturated rings. The Kier molecular flexibility index (Phi) is 24.1. The van der Waals surface area contributed by atoms with Gasteiger partial charge in [-0.15, -0.1) is 0 Å². The van der Waals surface area contributed by atoms with Crippen molar-refractivity contribution in [2.24, 2.45) is 17.8 Å². The summed E-state index contributed by atoms with van der Waals surface area (Å²) in [5, 5.41) is 83.7. The van der Waals surface area contributed by atoms with Gasteiger partial charge in [0.1, 0.15) is 24.9 Å². The van der Waals surface area contributed by atoms with Gasteiger partial charge in [0.25, 0.3) is 0 Å². The van der Waals surface area contributed by atoms with E-state index >= 15 is 0 Å². The zero-order valence-electron chi connectivity index (χ0n) is 48.2. The highest BCUT2D eigenvalue weighted by atomic mass is 16.7. The molecule has 4 heterocycles. The highest BCUT2D eigenvalue weighted by Crippen LogP contribution is 2.45. The first-order chi connectivity index (χ1) is 39.8. The maximum atomic E-state index is 13.7. The molecule has 2 bridgehead atoms. The largest absolute Gasteiger partial charge is 0.462 e. The van der Waals surface area contributed by atoms with Crippen LogP contribution in [0.2, 0.25) is 0 Å². The lowest BCUT2D eigenvalue weighted by Gasteiger charge is -2.46. The molecule has 19 atom stereocenters. The van der Waals surface area contributed by atoms with Crippen molar-refractivity contribution in [3.63, 3.8) is 0 Å². The first-order valence-electron chi connectivity index (χ1n) is 29.0. The van der Waals surface area contributed by atoms with Crippen LogP contribution >= 0.6 is 0 Å². The first kappa shape index (κ1) is 64.7. The quantitative estimate of drug-likeness (QED) is 0.108. The molecule has 2 aromatic rings. The number of fused-ring (bicyclic) bond motifs is 7. The van der Waals surface area contributed by atoms with Crippen LogP contribution in [0.5, 0.6) is 0 Å². The van der Waals surface area contributed by atoms with E-state index in [1.54, 1.807) is 38.2 Å². The summed E-state index contributed by atoms with van der Waals surface area (Å²) < 4.78 is 42.8. The summed E-state index contributed by atoms with van der Waals surface area (Å²) in [5.74, 6) is -3.57. The third kappa shape index (κ3) is 17.9. The average Bonchev–Trinajstić information content (AvgIpc) is 2.79. The number of hydrogen-bond donors (Lipinski definition) is 9. The summed E-state index contributed by atoms with van der Waals surface area (Å²) in [6, 6.07) is 14.5. The van der Waals surface area contributed by atoms with Crippen LogP contribution in [0.15, 0.2) is 134 Å². The lowest BCUT2D eigenvalue weighted by atomic mass is 9.87. The van der Waals surface area contributed by atoms with E-state index in [-0.39, 0.29) is 69.3 Å². The van der Waals surface area contributed by atoms with Crippen LogP contribution in [0.3, 0.4) is 0 Å². The molecular weight excluding hydrogens is 1070 g/mol. The van der Waals surface area contributed by atoms with E-state index in [0.717, 1.165) is 22.3 Å². The molecule has 3 saturated heterocycles. The van der Waals surface area contributed by atoms with Crippen LogP contribution < -0.4 is 10.6 Å². The van der Waals surface area contributed by atoms with Crippen LogP contribution in [-0.2, 0) is 38.0 Å². The number of benzene rings is 2. The van der Waals surface area contributed by atoms with E-state index in [9.17, 15) is 50.1 Å².